The zero-order valence-corrected chi connectivity index (χ0v) is 31.3. The molecule has 1 heterocycles. The average Bonchev–Trinajstić information content (AvgIpc) is 2.71. The molecule has 0 radical (unpaired) electrons. The molecule has 0 saturated heterocycles. The first kappa shape index (κ1) is 34.9. The van der Waals surface area contributed by atoms with Crippen molar-refractivity contribution in [3.05, 3.63) is 30.3 Å². The highest BCUT2D eigenvalue weighted by molar-refractivity contribution is 8.42. The van der Waals surface area contributed by atoms with Crippen molar-refractivity contribution in [2.24, 2.45) is 5.41 Å². The number of phenolic OH excluding ortho intramolecular Hbond substituents is 1. The Hall–Kier alpha value is 0.717. The number of nitrogens with zero attached hydrogens (tertiary/aromatic N) is 2. The zero-order chi connectivity index (χ0) is 29.9. The fourth-order valence-corrected chi connectivity index (χ4v) is 30.3. The van der Waals surface area contributed by atoms with Crippen LogP contribution < -0.4 is 4.52 Å². The number of halogens is 4. The van der Waals surface area contributed by atoms with Crippen LogP contribution in [0, 0.1) is 5.41 Å². The van der Waals surface area contributed by atoms with Gasteiger partial charge in [-0.3, -0.25) is 0 Å². The van der Waals surface area contributed by atoms with Gasteiger partial charge in [0.2, 0.25) is 7.25 Å². The van der Waals surface area contributed by atoms with Crippen LogP contribution in [-0.2, 0) is 0 Å². The maximum absolute atomic E-state index is 11.2. The molecule has 1 aliphatic rings. The van der Waals surface area contributed by atoms with Gasteiger partial charge in [-0.15, -0.1) is 9.34 Å². The van der Waals surface area contributed by atoms with Crippen LogP contribution in [0.15, 0.2) is 10.3 Å². The molecule has 4 nitrogen and oxygen atoms in total. The van der Waals surface area contributed by atoms with E-state index in [1.54, 1.807) is 4.94 Å². The molecule has 2 rings (SSSR count). The third-order valence-electron chi connectivity index (χ3n) is 6.53. The van der Waals surface area contributed by atoms with Crippen molar-refractivity contribution in [1.29, 1.82) is 0 Å². The monoisotopic (exact) mass is 661 g/mol. The van der Waals surface area contributed by atoms with E-state index in [9.17, 15) is 5.11 Å². The van der Waals surface area contributed by atoms with E-state index in [4.69, 9.17) is 50.9 Å². The van der Waals surface area contributed by atoms with Gasteiger partial charge in [0.25, 0.3) is 0 Å². The van der Waals surface area contributed by atoms with Crippen LogP contribution in [-0.4, -0.2) is 46.7 Å². The summed E-state index contributed by atoms with van der Waals surface area (Å²) >= 11 is 25.9. The Balaban J connectivity index is 3.17. The minimum atomic E-state index is -2.29. The number of rotatable bonds is 9. The molecule has 0 aromatic heterocycles. The van der Waals surface area contributed by atoms with E-state index in [2.05, 4.69) is 105 Å². The van der Waals surface area contributed by atoms with E-state index in [0.717, 1.165) is 0 Å². The second-order valence-corrected chi connectivity index (χ2v) is 26.6. The third kappa shape index (κ3) is 5.95. The molecule has 1 aromatic carbocycles. The van der Waals surface area contributed by atoms with Crippen LogP contribution >= 0.6 is 61.5 Å². The molecule has 1 N–H and O–H groups in total. The third-order valence-corrected chi connectivity index (χ3v) is 24.2. The van der Waals surface area contributed by atoms with Crippen LogP contribution in [0.3, 0.4) is 0 Å². The molecule has 0 fully saturated rings. The quantitative estimate of drug-likeness (QED) is 0.123. The van der Waals surface area contributed by atoms with Gasteiger partial charge < -0.3 is 9.63 Å². The second-order valence-electron chi connectivity index (χ2n) is 13.2. The molecule has 0 spiro atoms. The maximum atomic E-state index is 11.2. The first-order valence-electron chi connectivity index (χ1n) is 13.3. The van der Waals surface area contributed by atoms with Crippen molar-refractivity contribution in [1.82, 2.24) is 9.34 Å². The lowest BCUT2D eigenvalue weighted by Gasteiger charge is -2.60. The topological polar surface area (TPSA) is 35.9 Å². The fourth-order valence-electron chi connectivity index (χ4n) is 5.76. The summed E-state index contributed by atoms with van der Waals surface area (Å²) < 4.78 is 12.5. The van der Waals surface area contributed by atoms with E-state index in [-0.39, 0.29) is 61.2 Å². The number of benzene rings is 1. The molecule has 1 atom stereocenters. The number of allylic oxidation sites excluding steroid dienone is 1. The molecule has 0 amide bonds. The molecule has 218 valence electrons. The van der Waals surface area contributed by atoms with Crippen LogP contribution in [0.1, 0.15) is 76.2 Å². The lowest BCUT2D eigenvalue weighted by Crippen LogP contribution is -2.54. The summed E-state index contributed by atoms with van der Waals surface area (Å²) in [4.78, 5) is 1.61. The summed E-state index contributed by atoms with van der Waals surface area (Å²) in [7, 11) is -5.47. The van der Waals surface area contributed by atoms with Crippen LogP contribution in [0.2, 0.25) is 39.7 Å². The predicted octanol–water partition coefficient (Wildman–Crippen LogP) is 11.9. The molecule has 0 saturated carbocycles. The van der Waals surface area contributed by atoms with Gasteiger partial charge >= 0.3 is 7.84 Å². The molecule has 1 aliphatic heterocycles. The van der Waals surface area contributed by atoms with Gasteiger partial charge in [0, 0.05) is 24.2 Å². The summed E-state index contributed by atoms with van der Waals surface area (Å²) in [5.74, 6) is -0.138. The Morgan fingerprint density at radius 1 is 0.737 bits per heavy atom. The zero-order valence-electron chi connectivity index (χ0n) is 25.5. The lowest BCUT2D eigenvalue weighted by molar-refractivity contribution is 0.253. The summed E-state index contributed by atoms with van der Waals surface area (Å²) in [6.07, 6.45) is 0. The van der Waals surface area contributed by atoms with Gasteiger partial charge in [0.15, 0.2) is 11.5 Å². The smallest absolute Gasteiger partial charge is 0.325 e. The van der Waals surface area contributed by atoms with Crippen LogP contribution in [0.5, 0.6) is 11.5 Å². The molecular formula is C27H47Cl4N2O2P2Si+. The Labute approximate surface area is 254 Å². The number of phenols is 1. The highest BCUT2D eigenvalue weighted by atomic mass is 35.5. The van der Waals surface area contributed by atoms with Crippen LogP contribution in [0.25, 0.3) is 0 Å². The Kier molecular flexibility index (Phi) is 11.2. The first-order chi connectivity index (χ1) is 17.1. The van der Waals surface area contributed by atoms with Gasteiger partial charge in [-0.2, -0.15) is 0 Å². The van der Waals surface area contributed by atoms with E-state index >= 15 is 0 Å². The number of hydrogen-bond donors (Lipinski definition) is 1. The standard InChI is InChI=1S/C27H46Cl4N2O2P2Si/c1-15(2)32(16(3)4)37(33(17(5)6)18(7)8)26(38(12,13)14)25(27(9,10)11)36(37)35-24-22(31)20(29)19(28)21(30)23(24)34/h15-18H,1-14H3/p+1. The number of aromatic hydroxyl groups is 1. The van der Waals surface area contributed by atoms with Crippen molar-refractivity contribution in [3.8, 4) is 11.5 Å². The van der Waals surface area contributed by atoms with Gasteiger partial charge in [-0.05, 0) is 60.8 Å². The van der Waals surface area contributed by atoms with Gasteiger partial charge in [-0.25, -0.2) is 0 Å². The van der Waals surface area contributed by atoms with E-state index in [0.29, 0.717) is 0 Å². The summed E-state index contributed by atoms with van der Waals surface area (Å²) in [5.41, 5.74) is -0.147. The van der Waals surface area contributed by atoms with Crippen molar-refractivity contribution in [2.45, 2.75) is 120 Å². The second kappa shape index (κ2) is 12.1. The van der Waals surface area contributed by atoms with Crippen molar-refractivity contribution < 1.29 is 9.63 Å². The van der Waals surface area contributed by atoms with Crippen molar-refractivity contribution in [2.75, 3.05) is 0 Å². The average molecular weight is 664 g/mol. The molecule has 1 aromatic rings. The van der Waals surface area contributed by atoms with Crippen LogP contribution in [0.4, 0.5) is 0 Å². The van der Waals surface area contributed by atoms with E-state index in [1.165, 1.54) is 5.31 Å². The first-order valence-corrected chi connectivity index (χ1v) is 22.0. The van der Waals surface area contributed by atoms with Gasteiger partial charge in [0.05, 0.1) is 15.4 Å². The highest BCUT2D eigenvalue weighted by Gasteiger charge is 2.78. The predicted molar refractivity (Wildman–Crippen MR) is 177 cm³/mol. The molecule has 1 unspecified atom stereocenters. The Morgan fingerprint density at radius 2 is 1.11 bits per heavy atom. The molecule has 38 heavy (non-hydrogen) atoms. The van der Waals surface area contributed by atoms with Crippen molar-refractivity contribution in [3.63, 3.8) is 0 Å². The minimum absolute atomic E-state index is 0.0250. The van der Waals surface area contributed by atoms with Gasteiger partial charge in [0.1, 0.15) is 23.1 Å². The summed E-state index contributed by atoms with van der Waals surface area (Å²) in [6.45, 7) is 32.4. The Bertz CT molecular complexity index is 1020. The maximum Gasteiger partial charge on any atom is 0.325 e. The normalized spacial score (nSPS) is 18.6. The fraction of sp³-hybridized carbons (Fsp3) is 0.704. The minimum Gasteiger partial charge on any atom is -0.503 e. The lowest BCUT2D eigenvalue weighted by atomic mass is 9.97. The largest absolute Gasteiger partial charge is 0.503 e. The van der Waals surface area contributed by atoms with E-state index < -0.39 is 23.2 Å². The molecule has 11 heteroatoms. The molecule has 0 aliphatic carbocycles. The van der Waals surface area contributed by atoms with E-state index in [1.807, 2.05) is 0 Å². The summed E-state index contributed by atoms with van der Waals surface area (Å²) in [5, 5.41) is 12.7. The SMILES string of the molecule is CC(C)N(C(C)C)[P+]1(N(C(C)C)C(C)C)C([Si](C)(C)C)=C(C(C)(C)C)P1Oc1c(O)c(Cl)c(Cl)c(Cl)c1Cl. The number of hydrogen-bond acceptors (Lipinski definition) is 4. The summed E-state index contributed by atoms with van der Waals surface area (Å²) in [6, 6.07) is 1.08. The Morgan fingerprint density at radius 3 is 1.42 bits per heavy atom. The molecule has 0 bridgehead atoms. The molecular weight excluding hydrogens is 616 g/mol. The van der Waals surface area contributed by atoms with Crippen molar-refractivity contribution >= 4 is 69.6 Å². The highest BCUT2D eigenvalue weighted by Crippen LogP contribution is 3.04. The van der Waals surface area contributed by atoms with Gasteiger partial charge in [-0.1, -0.05) is 86.8 Å².